The molecule has 0 unspecified atom stereocenters. The molecule has 0 saturated heterocycles. The number of hydrogen-bond acceptors (Lipinski definition) is 6. The first-order chi connectivity index (χ1) is 11.2. The van der Waals surface area contributed by atoms with Crippen LogP contribution in [0.5, 0.6) is 0 Å². The van der Waals surface area contributed by atoms with Gasteiger partial charge in [0, 0.05) is 15.3 Å². The summed E-state index contributed by atoms with van der Waals surface area (Å²) in [7, 11) is 0. The zero-order chi connectivity index (χ0) is 16.1. The van der Waals surface area contributed by atoms with Crippen LogP contribution in [0, 0.1) is 6.92 Å². The molecule has 0 saturated carbocycles. The van der Waals surface area contributed by atoms with Gasteiger partial charge in [-0.15, -0.1) is 21.5 Å². The molecule has 0 atom stereocenters. The maximum Gasteiger partial charge on any atom is 0.263 e. The van der Waals surface area contributed by atoms with Crippen LogP contribution in [0.25, 0.3) is 11.4 Å². The number of amides is 1. The molecule has 8 heteroatoms. The summed E-state index contributed by atoms with van der Waals surface area (Å²) in [5.41, 5.74) is 3.30. The third-order valence-electron chi connectivity index (χ3n) is 2.91. The summed E-state index contributed by atoms with van der Waals surface area (Å²) in [4.78, 5) is 15.2. The molecule has 2 aromatic heterocycles. The predicted molar refractivity (Wildman–Crippen MR) is 88.0 cm³/mol. The molecule has 3 rings (SSSR count). The number of aromatic nitrogens is 4. The Labute approximate surface area is 136 Å². The van der Waals surface area contributed by atoms with E-state index in [0.717, 1.165) is 10.4 Å². The van der Waals surface area contributed by atoms with E-state index in [2.05, 4.69) is 25.9 Å². The molecule has 7 nitrogen and oxygen atoms in total. The van der Waals surface area contributed by atoms with E-state index < -0.39 is 0 Å². The summed E-state index contributed by atoms with van der Waals surface area (Å²) < 4.78 is 0. The number of rotatable bonds is 5. The topological polar surface area (TPSA) is 85.1 Å². The summed E-state index contributed by atoms with van der Waals surface area (Å²) in [6, 6.07) is 13.4. The van der Waals surface area contributed by atoms with Gasteiger partial charge in [-0.05, 0) is 24.3 Å². The number of nitrogens with zero attached hydrogens (tertiary/aromatic N) is 5. The highest BCUT2D eigenvalue weighted by molar-refractivity contribution is 7.13. The third-order valence-corrected chi connectivity index (χ3v) is 3.85. The van der Waals surface area contributed by atoms with Crippen LogP contribution in [0.3, 0.4) is 0 Å². The first kappa shape index (κ1) is 15.0. The first-order valence-electron chi connectivity index (χ1n) is 6.92. The molecular weight excluding hydrogens is 312 g/mol. The predicted octanol–water partition coefficient (Wildman–Crippen LogP) is 1.86. The zero-order valence-electron chi connectivity index (χ0n) is 12.4. The van der Waals surface area contributed by atoms with Crippen molar-refractivity contribution in [1.29, 1.82) is 0 Å². The smallest absolute Gasteiger partial charge is 0.263 e. The Morgan fingerprint density at radius 2 is 2.13 bits per heavy atom. The average molecular weight is 326 g/mol. The lowest BCUT2D eigenvalue weighted by molar-refractivity contribution is -0.122. The van der Waals surface area contributed by atoms with Crippen LogP contribution < -0.4 is 5.43 Å². The fourth-order valence-electron chi connectivity index (χ4n) is 1.87. The monoisotopic (exact) mass is 326 g/mol. The van der Waals surface area contributed by atoms with Crippen molar-refractivity contribution >= 4 is 23.5 Å². The molecule has 0 aliphatic rings. The van der Waals surface area contributed by atoms with E-state index in [1.807, 2.05) is 49.4 Å². The number of benzene rings is 1. The average Bonchev–Trinajstić information content (AvgIpc) is 3.17. The lowest BCUT2D eigenvalue weighted by atomic mass is 10.2. The molecule has 2 heterocycles. The van der Waals surface area contributed by atoms with Crippen molar-refractivity contribution in [2.75, 3.05) is 0 Å². The van der Waals surface area contributed by atoms with Crippen LogP contribution in [-0.2, 0) is 11.3 Å². The number of hydrazone groups is 1. The van der Waals surface area contributed by atoms with Gasteiger partial charge in [-0.1, -0.05) is 30.3 Å². The van der Waals surface area contributed by atoms with E-state index in [-0.39, 0.29) is 12.5 Å². The molecule has 3 aromatic rings. The summed E-state index contributed by atoms with van der Waals surface area (Å²) >= 11 is 1.60. The van der Waals surface area contributed by atoms with E-state index in [1.165, 1.54) is 9.67 Å². The van der Waals surface area contributed by atoms with E-state index in [9.17, 15) is 4.79 Å². The van der Waals surface area contributed by atoms with Gasteiger partial charge in [-0.2, -0.15) is 9.90 Å². The van der Waals surface area contributed by atoms with Gasteiger partial charge in [-0.25, -0.2) is 5.43 Å². The number of hydrogen-bond donors (Lipinski definition) is 1. The molecule has 0 aliphatic carbocycles. The number of tetrazole rings is 1. The van der Waals surface area contributed by atoms with E-state index in [4.69, 9.17) is 0 Å². The molecule has 0 bridgehead atoms. The van der Waals surface area contributed by atoms with Gasteiger partial charge < -0.3 is 0 Å². The largest absolute Gasteiger partial charge is 0.271 e. The van der Waals surface area contributed by atoms with Crippen LogP contribution in [-0.4, -0.2) is 32.3 Å². The molecule has 0 aliphatic heterocycles. The number of carbonyl (C=O) groups excluding carboxylic acids is 1. The molecular formula is C15H14N6OS. The van der Waals surface area contributed by atoms with Crippen molar-refractivity contribution in [2.45, 2.75) is 13.5 Å². The van der Waals surface area contributed by atoms with E-state index in [0.29, 0.717) is 5.82 Å². The van der Waals surface area contributed by atoms with Gasteiger partial charge in [0.1, 0.15) is 6.54 Å². The van der Waals surface area contributed by atoms with Crippen molar-refractivity contribution < 1.29 is 4.79 Å². The standard InChI is InChI=1S/C15H14N6OS/c1-11-7-8-13(23-11)9-16-17-14(22)10-21-19-15(18-20-21)12-5-3-2-4-6-12/h2-9H,10H2,1H3,(H,17,22)/b16-9+. The summed E-state index contributed by atoms with van der Waals surface area (Å²) in [5, 5.41) is 15.9. The van der Waals surface area contributed by atoms with Crippen molar-refractivity contribution in [2.24, 2.45) is 5.10 Å². The van der Waals surface area contributed by atoms with Gasteiger partial charge in [0.15, 0.2) is 0 Å². The second-order valence-corrected chi connectivity index (χ2v) is 6.07. The van der Waals surface area contributed by atoms with Crippen LogP contribution >= 0.6 is 11.3 Å². The summed E-state index contributed by atoms with van der Waals surface area (Å²) in [6.45, 7) is 1.97. The molecule has 23 heavy (non-hydrogen) atoms. The van der Waals surface area contributed by atoms with Crippen LogP contribution in [0.15, 0.2) is 47.6 Å². The lowest BCUT2D eigenvalue weighted by Crippen LogP contribution is -2.24. The van der Waals surface area contributed by atoms with E-state index >= 15 is 0 Å². The van der Waals surface area contributed by atoms with Gasteiger partial charge in [0.05, 0.1) is 6.21 Å². The Morgan fingerprint density at radius 3 is 2.87 bits per heavy atom. The Morgan fingerprint density at radius 1 is 1.30 bits per heavy atom. The first-order valence-corrected chi connectivity index (χ1v) is 7.74. The molecule has 116 valence electrons. The second-order valence-electron chi connectivity index (χ2n) is 4.75. The second kappa shape index (κ2) is 6.93. The quantitative estimate of drug-likeness (QED) is 0.573. The number of aryl methyl sites for hydroxylation is 1. The Bertz CT molecular complexity index is 823. The number of thiophene rings is 1. The fourth-order valence-corrected chi connectivity index (χ4v) is 2.62. The zero-order valence-corrected chi connectivity index (χ0v) is 13.2. The van der Waals surface area contributed by atoms with Gasteiger partial charge >= 0.3 is 0 Å². The summed E-state index contributed by atoms with van der Waals surface area (Å²) in [6.07, 6.45) is 1.61. The molecule has 0 spiro atoms. The molecule has 0 radical (unpaired) electrons. The molecule has 1 N–H and O–H groups in total. The van der Waals surface area contributed by atoms with Crippen molar-refractivity contribution in [3.8, 4) is 11.4 Å². The third kappa shape index (κ3) is 4.07. The Hall–Kier alpha value is -2.87. The van der Waals surface area contributed by atoms with Gasteiger partial charge in [-0.3, -0.25) is 4.79 Å². The molecule has 0 fully saturated rings. The highest BCUT2D eigenvalue weighted by Gasteiger charge is 2.08. The minimum absolute atomic E-state index is 0.0410. The minimum Gasteiger partial charge on any atom is -0.271 e. The van der Waals surface area contributed by atoms with Crippen LogP contribution in [0.4, 0.5) is 0 Å². The summed E-state index contributed by atoms with van der Waals surface area (Å²) in [5.74, 6) is 0.169. The van der Waals surface area contributed by atoms with Crippen molar-refractivity contribution in [3.63, 3.8) is 0 Å². The van der Waals surface area contributed by atoms with Crippen LogP contribution in [0.1, 0.15) is 9.75 Å². The Balaban J connectivity index is 1.56. The molecule has 1 aromatic carbocycles. The van der Waals surface area contributed by atoms with Crippen molar-refractivity contribution in [1.82, 2.24) is 25.6 Å². The number of carbonyl (C=O) groups is 1. The SMILES string of the molecule is Cc1ccc(/C=N/NC(=O)Cn2nnc(-c3ccccc3)n2)s1. The molecule has 1 amide bonds. The highest BCUT2D eigenvalue weighted by atomic mass is 32.1. The van der Waals surface area contributed by atoms with Crippen molar-refractivity contribution in [3.05, 3.63) is 52.2 Å². The van der Waals surface area contributed by atoms with Crippen LogP contribution in [0.2, 0.25) is 0 Å². The lowest BCUT2D eigenvalue weighted by Gasteiger charge is -1.97. The van der Waals surface area contributed by atoms with Gasteiger partial charge in [0.25, 0.3) is 5.91 Å². The fraction of sp³-hybridized carbons (Fsp3) is 0.133. The van der Waals surface area contributed by atoms with Gasteiger partial charge in [0.2, 0.25) is 5.82 Å². The maximum absolute atomic E-state index is 11.8. The maximum atomic E-state index is 11.8. The Kier molecular flexibility index (Phi) is 4.53. The number of nitrogens with one attached hydrogen (secondary N) is 1. The normalized spacial score (nSPS) is 11.0. The minimum atomic E-state index is -0.313. The van der Waals surface area contributed by atoms with E-state index in [1.54, 1.807) is 17.6 Å². The highest BCUT2D eigenvalue weighted by Crippen LogP contribution is 2.12.